The molecule has 0 fully saturated rings. The molecule has 0 unspecified atom stereocenters. The highest BCUT2D eigenvalue weighted by molar-refractivity contribution is 7.09. The van der Waals surface area contributed by atoms with Crippen LogP contribution < -0.4 is 14.8 Å². The third-order valence-corrected chi connectivity index (χ3v) is 4.73. The van der Waals surface area contributed by atoms with Crippen molar-refractivity contribution in [3.05, 3.63) is 39.8 Å². The van der Waals surface area contributed by atoms with Crippen LogP contribution in [0.4, 0.5) is 0 Å². The highest BCUT2D eigenvalue weighted by Gasteiger charge is 2.17. The number of methoxy groups -OCH3 is 2. The van der Waals surface area contributed by atoms with Crippen LogP contribution in [0.25, 0.3) is 0 Å². The molecule has 0 aliphatic heterocycles. The molecule has 22 heavy (non-hydrogen) atoms. The van der Waals surface area contributed by atoms with Gasteiger partial charge >= 0.3 is 0 Å². The highest BCUT2D eigenvalue weighted by Crippen LogP contribution is 2.30. The molecule has 0 spiro atoms. The van der Waals surface area contributed by atoms with E-state index in [1.165, 1.54) is 5.01 Å². The zero-order valence-electron chi connectivity index (χ0n) is 13.8. The Balaban J connectivity index is 2.12. The summed E-state index contributed by atoms with van der Waals surface area (Å²) in [4.78, 5) is 4.65. The van der Waals surface area contributed by atoms with E-state index in [2.05, 4.69) is 36.5 Å². The zero-order valence-corrected chi connectivity index (χ0v) is 14.7. The lowest BCUT2D eigenvalue weighted by Crippen LogP contribution is -2.23. The number of thiazole rings is 1. The van der Waals surface area contributed by atoms with Crippen LogP contribution in [0.1, 0.15) is 49.1 Å². The number of ether oxygens (including phenoxy) is 2. The predicted octanol–water partition coefficient (Wildman–Crippen LogP) is 4.13. The summed E-state index contributed by atoms with van der Waals surface area (Å²) >= 11 is 1.72. The lowest BCUT2D eigenvalue weighted by molar-refractivity contribution is 0.382. The Kier molecular flexibility index (Phi) is 5.80. The van der Waals surface area contributed by atoms with Gasteiger partial charge in [0.2, 0.25) is 0 Å². The number of aromatic nitrogens is 1. The highest BCUT2D eigenvalue weighted by atomic mass is 32.1. The second-order valence-corrected chi connectivity index (χ2v) is 6.18. The number of rotatable bonds is 7. The lowest BCUT2D eigenvalue weighted by atomic mass is 10.1. The summed E-state index contributed by atoms with van der Waals surface area (Å²) in [6.45, 7) is 6.40. The molecule has 0 bridgehead atoms. The van der Waals surface area contributed by atoms with Crippen LogP contribution in [0.2, 0.25) is 0 Å². The smallest absolute Gasteiger partial charge is 0.127 e. The van der Waals surface area contributed by atoms with Gasteiger partial charge in [0.15, 0.2) is 0 Å². The van der Waals surface area contributed by atoms with Gasteiger partial charge in [-0.1, -0.05) is 13.0 Å². The second kappa shape index (κ2) is 7.61. The normalized spacial score (nSPS) is 13.7. The van der Waals surface area contributed by atoms with Gasteiger partial charge in [-0.2, -0.15) is 0 Å². The molecule has 2 aromatic rings. The fourth-order valence-corrected chi connectivity index (χ4v) is 3.25. The summed E-state index contributed by atoms with van der Waals surface area (Å²) in [6.07, 6.45) is 0.985. The Morgan fingerprint density at radius 1 is 1.18 bits per heavy atom. The van der Waals surface area contributed by atoms with Crippen molar-refractivity contribution in [2.75, 3.05) is 14.2 Å². The van der Waals surface area contributed by atoms with Crippen molar-refractivity contribution < 1.29 is 9.47 Å². The van der Waals surface area contributed by atoms with Crippen LogP contribution in [0.15, 0.2) is 23.6 Å². The molecule has 0 saturated heterocycles. The minimum absolute atomic E-state index is 0.155. The Bertz CT molecular complexity index is 612. The summed E-state index contributed by atoms with van der Waals surface area (Å²) in [5, 5.41) is 6.90. The standard InChI is InChI=1S/C17H24N2O2S/c1-6-17-19-15(10-22-17)12(3)18-11(2)14-8-7-13(20-4)9-16(14)21-5/h7-12,18H,6H2,1-5H3/t11-,12+/m1/s1. The third kappa shape index (κ3) is 3.78. The third-order valence-electron chi connectivity index (χ3n) is 3.72. The van der Waals surface area contributed by atoms with Crippen LogP contribution in [-0.4, -0.2) is 19.2 Å². The first kappa shape index (κ1) is 16.8. The fraction of sp³-hybridized carbons (Fsp3) is 0.471. The van der Waals surface area contributed by atoms with Gasteiger partial charge in [-0.25, -0.2) is 4.98 Å². The summed E-state index contributed by atoms with van der Waals surface area (Å²) in [7, 11) is 3.34. The van der Waals surface area contributed by atoms with E-state index in [1.807, 2.05) is 18.2 Å². The molecule has 2 atom stereocenters. The monoisotopic (exact) mass is 320 g/mol. The van der Waals surface area contributed by atoms with Gasteiger partial charge in [-0.15, -0.1) is 11.3 Å². The van der Waals surface area contributed by atoms with Crippen molar-refractivity contribution in [1.82, 2.24) is 10.3 Å². The van der Waals surface area contributed by atoms with Gasteiger partial charge in [0.05, 0.1) is 24.9 Å². The summed E-state index contributed by atoms with van der Waals surface area (Å²) in [5.74, 6) is 1.63. The Labute approximate surface area is 136 Å². The first-order chi connectivity index (χ1) is 10.6. The first-order valence-corrected chi connectivity index (χ1v) is 8.39. The van der Waals surface area contributed by atoms with Crippen molar-refractivity contribution in [3.63, 3.8) is 0 Å². The Morgan fingerprint density at radius 3 is 2.55 bits per heavy atom. The molecule has 0 saturated carbocycles. The molecule has 1 aromatic carbocycles. The minimum atomic E-state index is 0.155. The minimum Gasteiger partial charge on any atom is -0.497 e. The van der Waals surface area contributed by atoms with Crippen molar-refractivity contribution in [2.24, 2.45) is 0 Å². The van der Waals surface area contributed by atoms with Crippen molar-refractivity contribution in [3.8, 4) is 11.5 Å². The van der Waals surface area contributed by atoms with E-state index in [-0.39, 0.29) is 12.1 Å². The molecule has 1 aromatic heterocycles. The number of hydrogen-bond acceptors (Lipinski definition) is 5. The van der Waals surface area contributed by atoms with E-state index in [0.29, 0.717) is 0 Å². The van der Waals surface area contributed by atoms with E-state index < -0.39 is 0 Å². The van der Waals surface area contributed by atoms with Crippen molar-refractivity contribution in [2.45, 2.75) is 39.3 Å². The largest absolute Gasteiger partial charge is 0.497 e. The van der Waals surface area contributed by atoms with Gasteiger partial charge < -0.3 is 14.8 Å². The first-order valence-electron chi connectivity index (χ1n) is 7.51. The number of hydrogen-bond donors (Lipinski definition) is 1. The molecule has 0 aliphatic rings. The van der Waals surface area contributed by atoms with E-state index in [4.69, 9.17) is 9.47 Å². The SMILES string of the molecule is CCc1nc([C@H](C)N[C@H](C)c2ccc(OC)cc2OC)cs1. The lowest BCUT2D eigenvalue weighted by Gasteiger charge is -2.21. The van der Waals surface area contributed by atoms with Crippen LogP contribution >= 0.6 is 11.3 Å². The van der Waals surface area contributed by atoms with E-state index in [9.17, 15) is 0 Å². The fourth-order valence-electron chi connectivity index (χ4n) is 2.41. The Hall–Kier alpha value is -1.59. The molecular weight excluding hydrogens is 296 g/mol. The van der Waals surface area contributed by atoms with Gasteiger partial charge in [0, 0.05) is 29.1 Å². The van der Waals surface area contributed by atoms with Gasteiger partial charge in [-0.3, -0.25) is 0 Å². The molecule has 0 radical (unpaired) electrons. The maximum absolute atomic E-state index is 5.48. The average Bonchev–Trinajstić information content (AvgIpc) is 3.03. The summed E-state index contributed by atoms with van der Waals surface area (Å²) in [6, 6.07) is 6.26. The zero-order chi connectivity index (χ0) is 16.1. The molecule has 0 amide bonds. The molecule has 1 N–H and O–H groups in total. The van der Waals surface area contributed by atoms with Gasteiger partial charge in [-0.05, 0) is 26.3 Å². The van der Waals surface area contributed by atoms with Gasteiger partial charge in [0.25, 0.3) is 0 Å². The van der Waals surface area contributed by atoms with Crippen LogP contribution in [0, 0.1) is 0 Å². The van der Waals surface area contributed by atoms with Crippen molar-refractivity contribution >= 4 is 11.3 Å². The second-order valence-electron chi connectivity index (χ2n) is 5.24. The average molecular weight is 320 g/mol. The summed E-state index contributed by atoms with van der Waals surface area (Å²) < 4.78 is 10.7. The molecule has 1 heterocycles. The van der Waals surface area contributed by atoms with Crippen LogP contribution in [0.3, 0.4) is 0 Å². The molecule has 4 nitrogen and oxygen atoms in total. The molecule has 5 heteroatoms. The molecule has 120 valence electrons. The van der Waals surface area contributed by atoms with E-state index in [1.54, 1.807) is 25.6 Å². The number of nitrogens with one attached hydrogen (secondary N) is 1. The van der Waals surface area contributed by atoms with Crippen molar-refractivity contribution in [1.29, 1.82) is 0 Å². The topological polar surface area (TPSA) is 43.4 Å². The van der Waals surface area contributed by atoms with E-state index in [0.717, 1.165) is 29.2 Å². The Morgan fingerprint density at radius 2 is 1.95 bits per heavy atom. The maximum atomic E-state index is 5.48. The number of nitrogens with zero attached hydrogens (tertiary/aromatic N) is 1. The molecular formula is C17H24N2O2S. The molecule has 0 aliphatic carbocycles. The maximum Gasteiger partial charge on any atom is 0.127 e. The van der Waals surface area contributed by atoms with E-state index >= 15 is 0 Å². The number of benzene rings is 1. The van der Waals surface area contributed by atoms with Crippen LogP contribution in [0.5, 0.6) is 11.5 Å². The molecule has 2 rings (SSSR count). The summed E-state index contributed by atoms with van der Waals surface area (Å²) in [5.41, 5.74) is 2.21. The quantitative estimate of drug-likeness (QED) is 0.833. The van der Waals surface area contributed by atoms with Crippen LogP contribution in [-0.2, 0) is 6.42 Å². The number of aryl methyl sites for hydroxylation is 1. The van der Waals surface area contributed by atoms with Gasteiger partial charge in [0.1, 0.15) is 11.5 Å². The predicted molar refractivity (Wildman–Crippen MR) is 91.0 cm³/mol.